The van der Waals surface area contributed by atoms with Gasteiger partial charge in [-0.3, -0.25) is 4.79 Å². The first-order valence-corrected chi connectivity index (χ1v) is 8.21. The maximum Gasteiger partial charge on any atom is 0.270 e. The summed E-state index contributed by atoms with van der Waals surface area (Å²) in [7, 11) is 0. The van der Waals surface area contributed by atoms with Gasteiger partial charge in [-0.25, -0.2) is 4.98 Å². The van der Waals surface area contributed by atoms with E-state index in [2.05, 4.69) is 10.3 Å². The van der Waals surface area contributed by atoms with Crippen LogP contribution in [-0.2, 0) is 0 Å². The quantitative estimate of drug-likeness (QED) is 0.859. The van der Waals surface area contributed by atoms with Gasteiger partial charge in [0, 0.05) is 24.1 Å². The molecule has 2 aromatic rings. The highest BCUT2D eigenvalue weighted by molar-refractivity contribution is 7.13. The molecule has 0 aliphatic carbocycles. The summed E-state index contributed by atoms with van der Waals surface area (Å²) >= 11 is 1.47. The number of aromatic nitrogens is 1. The molecule has 0 aliphatic heterocycles. The minimum atomic E-state index is -0.166. The van der Waals surface area contributed by atoms with Crippen LogP contribution in [0.2, 0.25) is 0 Å². The van der Waals surface area contributed by atoms with Gasteiger partial charge < -0.3 is 10.4 Å². The van der Waals surface area contributed by atoms with Crippen molar-refractivity contribution in [3.8, 4) is 10.6 Å². The van der Waals surface area contributed by atoms with E-state index in [4.69, 9.17) is 5.11 Å². The van der Waals surface area contributed by atoms with Gasteiger partial charge in [-0.15, -0.1) is 11.3 Å². The molecule has 0 aliphatic rings. The maximum atomic E-state index is 12.2. The molecule has 1 aromatic heterocycles. The molecule has 0 radical (unpaired) electrons. The number of benzene rings is 1. The highest BCUT2D eigenvalue weighted by Crippen LogP contribution is 2.24. The molecule has 22 heavy (non-hydrogen) atoms. The second-order valence-corrected chi connectivity index (χ2v) is 7.08. The fourth-order valence-electron chi connectivity index (χ4n) is 2.01. The van der Waals surface area contributed by atoms with Crippen molar-refractivity contribution < 1.29 is 9.90 Å². The Balaban J connectivity index is 2.02. The van der Waals surface area contributed by atoms with E-state index in [-0.39, 0.29) is 17.9 Å². The van der Waals surface area contributed by atoms with E-state index in [0.717, 1.165) is 10.6 Å². The number of hydrogen-bond acceptors (Lipinski definition) is 4. The van der Waals surface area contributed by atoms with E-state index in [1.165, 1.54) is 16.9 Å². The Labute approximate surface area is 135 Å². The summed E-state index contributed by atoms with van der Waals surface area (Å²) < 4.78 is 0. The average molecular weight is 318 g/mol. The van der Waals surface area contributed by atoms with Crippen LogP contribution in [0.25, 0.3) is 10.6 Å². The number of thiazole rings is 1. The lowest BCUT2D eigenvalue weighted by Crippen LogP contribution is -2.34. The van der Waals surface area contributed by atoms with Crippen LogP contribution in [0.4, 0.5) is 0 Å². The molecule has 0 saturated carbocycles. The van der Waals surface area contributed by atoms with Gasteiger partial charge in [0.25, 0.3) is 5.91 Å². The van der Waals surface area contributed by atoms with Crippen LogP contribution >= 0.6 is 11.3 Å². The number of aliphatic hydroxyl groups excluding tert-OH is 1. The van der Waals surface area contributed by atoms with Gasteiger partial charge in [0.15, 0.2) is 0 Å². The molecule has 0 saturated heterocycles. The molecule has 1 aromatic carbocycles. The first-order valence-electron chi connectivity index (χ1n) is 7.33. The first-order chi connectivity index (χ1) is 10.4. The molecule has 0 spiro atoms. The second-order valence-electron chi connectivity index (χ2n) is 6.22. The first kappa shape index (κ1) is 16.6. The molecule has 2 rings (SSSR count). The summed E-state index contributed by atoms with van der Waals surface area (Å²) in [4.78, 5) is 16.6. The van der Waals surface area contributed by atoms with Crippen molar-refractivity contribution in [3.05, 3.63) is 40.9 Å². The van der Waals surface area contributed by atoms with E-state index in [1.54, 1.807) is 5.38 Å². The Morgan fingerprint density at radius 2 is 2.00 bits per heavy atom. The van der Waals surface area contributed by atoms with Crippen molar-refractivity contribution in [2.45, 2.75) is 27.2 Å². The van der Waals surface area contributed by atoms with Crippen molar-refractivity contribution in [1.82, 2.24) is 10.3 Å². The summed E-state index contributed by atoms with van der Waals surface area (Å²) in [5.41, 5.74) is 2.54. The number of nitrogens with one attached hydrogen (secondary N) is 1. The Bertz CT molecular complexity index is 632. The molecule has 0 fully saturated rings. The monoisotopic (exact) mass is 318 g/mol. The number of nitrogens with zero attached hydrogens (tertiary/aromatic N) is 1. The van der Waals surface area contributed by atoms with Crippen LogP contribution < -0.4 is 5.32 Å². The average Bonchev–Trinajstić information content (AvgIpc) is 2.95. The number of amides is 1. The zero-order chi connectivity index (χ0) is 16.2. The third-order valence-electron chi connectivity index (χ3n) is 3.55. The molecule has 1 heterocycles. The number of carbonyl (C=O) groups is 1. The lowest BCUT2D eigenvalue weighted by atomic mass is 9.90. The maximum absolute atomic E-state index is 12.2. The zero-order valence-electron chi connectivity index (χ0n) is 13.2. The van der Waals surface area contributed by atoms with Gasteiger partial charge in [0.2, 0.25) is 0 Å². The zero-order valence-corrected chi connectivity index (χ0v) is 14.0. The highest BCUT2D eigenvalue weighted by atomic mass is 32.1. The molecule has 2 N–H and O–H groups in total. The Kier molecular flexibility index (Phi) is 5.32. The predicted octanol–water partition coefficient (Wildman–Crippen LogP) is 3.26. The Hall–Kier alpha value is -1.72. The van der Waals surface area contributed by atoms with Crippen molar-refractivity contribution in [1.29, 1.82) is 0 Å². The third-order valence-corrected chi connectivity index (χ3v) is 4.44. The van der Waals surface area contributed by atoms with Crippen LogP contribution in [-0.4, -0.2) is 29.1 Å². The molecule has 0 bridgehead atoms. The summed E-state index contributed by atoms with van der Waals surface area (Å²) in [5.74, 6) is -0.166. The Morgan fingerprint density at radius 1 is 1.32 bits per heavy atom. The number of hydrogen-bond donors (Lipinski definition) is 2. The second kappa shape index (κ2) is 7.03. The summed E-state index contributed by atoms with van der Waals surface area (Å²) in [6.07, 6.45) is 0.652. The third kappa shape index (κ3) is 4.39. The fourth-order valence-corrected chi connectivity index (χ4v) is 2.81. The highest BCUT2D eigenvalue weighted by Gasteiger charge is 2.19. The summed E-state index contributed by atoms with van der Waals surface area (Å²) in [6, 6.07) is 8.10. The predicted molar refractivity (Wildman–Crippen MR) is 90.1 cm³/mol. The number of aryl methyl sites for hydroxylation is 1. The lowest BCUT2D eigenvalue weighted by Gasteiger charge is -2.23. The van der Waals surface area contributed by atoms with Gasteiger partial charge in [0.1, 0.15) is 10.7 Å². The minimum Gasteiger partial charge on any atom is -0.396 e. The van der Waals surface area contributed by atoms with E-state index in [0.29, 0.717) is 18.7 Å². The minimum absolute atomic E-state index is 0.122. The Morgan fingerprint density at radius 3 is 2.64 bits per heavy atom. The normalized spacial score (nSPS) is 11.5. The number of carbonyl (C=O) groups excluding carboxylic acids is 1. The van der Waals surface area contributed by atoms with Crippen LogP contribution in [0.5, 0.6) is 0 Å². The van der Waals surface area contributed by atoms with E-state index in [9.17, 15) is 4.79 Å². The lowest BCUT2D eigenvalue weighted by molar-refractivity contribution is 0.0924. The van der Waals surface area contributed by atoms with Gasteiger partial charge in [-0.05, 0) is 18.8 Å². The molecule has 4 nitrogen and oxygen atoms in total. The van der Waals surface area contributed by atoms with Crippen molar-refractivity contribution in [3.63, 3.8) is 0 Å². The SMILES string of the molecule is Cc1ccc(-c2nc(C(=O)NCC(C)(C)CCO)cs2)cc1. The summed E-state index contributed by atoms with van der Waals surface area (Å²) in [5, 5.41) is 14.5. The van der Waals surface area contributed by atoms with Gasteiger partial charge in [-0.2, -0.15) is 0 Å². The molecule has 0 unspecified atom stereocenters. The van der Waals surface area contributed by atoms with Crippen molar-refractivity contribution in [2.75, 3.05) is 13.2 Å². The van der Waals surface area contributed by atoms with E-state index >= 15 is 0 Å². The molecular formula is C17H22N2O2S. The van der Waals surface area contributed by atoms with Crippen LogP contribution in [0.15, 0.2) is 29.6 Å². The van der Waals surface area contributed by atoms with E-state index in [1.807, 2.05) is 45.0 Å². The molecule has 0 atom stereocenters. The molecular weight excluding hydrogens is 296 g/mol. The van der Waals surface area contributed by atoms with Crippen molar-refractivity contribution >= 4 is 17.2 Å². The number of rotatable bonds is 6. The fraction of sp³-hybridized carbons (Fsp3) is 0.412. The molecule has 5 heteroatoms. The van der Waals surface area contributed by atoms with Crippen molar-refractivity contribution in [2.24, 2.45) is 5.41 Å². The van der Waals surface area contributed by atoms with Gasteiger partial charge >= 0.3 is 0 Å². The standard InChI is InChI=1S/C17H22N2O2S/c1-12-4-6-13(7-5-12)16-19-14(10-22-16)15(21)18-11-17(2,3)8-9-20/h4-7,10,20H,8-9,11H2,1-3H3,(H,18,21). The summed E-state index contributed by atoms with van der Waals surface area (Å²) in [6.45, 7) is 6.71. The van der Waals surface area contributed by atoms with Crippen LogP contribution in [0.1, 0.15) is 36.3 Å². The van der Waals surface area contributed by atoms with E-state index < -0.39 is 0 Å². The van der Waals surface area contributed by atoms with Crippen LogP contribution in [0, 0.1) is 12.3 Å². The largest absolute Gasteiger partial charge is 0.396 e. The molecule has 118 valence electrons. The molecule has 1 amide bonds. The van der Waals surface area contributed by atoms with Gasteiger partial charge in [0.05, 0.1) is 0 Å². The smallest absolute Gasteiger partial charge is 0.270 e. The number of aliphatic hydroxyl groups is 1. The van der Waals surface area contributed by atoms with Crippen LogP contribution in [0.3, 0.4) is 0 Å². The van der Waals surface area contributed by atoms with Gasteiger partial charge in [-0.1, -0.05) is 43.7 Å². The topological polar surface area (TPSA) is 62.2 Å².